The smallest absolute Gasteiger partial charge is 0.0341 e. The first kappa shape index (κ1) is 20.4. The van der Waals surface area contributed by atoms with Crippen molar-refractivity contribution in [3.63, 3.8) is 0 Å². The third-order valence-corrected chi connectivity index (χ3v) is 5.30. The van der Waals surface area contributed by atoms with E-state index in [0.717, 1.165) is 19.4 Å². The van der Waals surface area contributed by atoms with Gasteiger partial charge < -0.3 is 5.32 Å². The fourth-order valence-electron chi connectivity index (χ4n) is 2.98. The summed E-state index contributed by atoms with van der Waals surface area (Å²) in [5.74, 6) is 0.693. The molecular formula is C24H31NS. The van der Waals surface area contributed by atoms with Gasteiger partial charge in [0.05, 0.1) is 0 Å². The van der Waals surface area contributed by atoms with Crippen molar-refractivity contribution in [3.8, 4) is 0 Å². The third-order valence-electron chi connectivity index (χ3n) is 4.56. The topological polar surface area (TPSA) is 12.0 Å². The molecule has 2 aromatic carbocycles. The molecule has 0 heterocycles. The van der Waals surface area contributed by atoms with E-state index >= 15 is 0 Å². The first-order valence-electron chi connectivity index (χ1n) is 9.52. The van der Waals surface area contributed by atoms with Gasteiger partial charge in [-0.3, -0.25) is 0 Å². The molecule has 1 nitrogen and oxygen atoms in total. The van der Waals surface area contributed by atoms with Crippen LogP contribution in [0.4, 0.5) is 5.69 Å². The van der Waals surface area contributed by atoms with Gasteiger partial charge in [0, 0.05) is 17.1 Å². The molecule has 1 unspecified atom stereocenters. The Morgan fingerprint density at radius 3 is 2.46 bits per heavy atom. The average Bonchev–Trinajstić information content (AvgIpc) is 2.70. The molecule has 0 saturated heterocycles. The van der Waals surface area contributed by atoms with Crippen molar-refractivity contribution < 1.29 is 0 Å². The maximum Gasteiger partial charge on any atom is 0.0341 e. The van der Waals surface area contributed by atoms with Crippen LogP contribution in [-0.4, -0.2) is 12.8 Å². The summed E-state index contributed by atoms with van der Waals surface area (Å²) >= 11 is 1.78. The van der Waals surface area contributed by atoms with E-state index in [9.17, 15) is 0 Å². The number of hydrogen-bond acceptors (Lipinski definition) is 2. The summed E-state index contributed by atoms with van der Waals surface area (Å²) in [5, 5.41) is 3.61. The third kappa shape index (κ3) is 7.97. The van der Waals surface area contributed by atoms with Gasteiger partial charge in [-0.15, -0.1) is 18.3 Å². The molecule has 1 N–H and O–H groups in total. The maximum absolute atomic E-state index is 3.88. The highest BCUT2D eigenvalue weighted by Gasteiger charge is 2.07. The normalized spacial score (nSPS) is 12.2. The van der Waals surface area contributed by atoms with Crippen LogP contribution < -0.4 is 5.32 Å². The predicted molar refractivity (Wildman–Crippen MR) is 119 cm³/mol. The molecule has 0 aliphatic rings. The molecular weight excluding hydrogens is 334 g/mol. The molecule has 0 saturated carbocycles. The molecule has 2 aromatic rings. The molecule has 0 amide bonds. The van der Waals surface area contributed by atoms with E-state index in [4.69, 9.17) is 0 Å². The first-order chi connectivity index (χ1) is 12.8. The summed E-state index contributed by atoms with van der Waals surface area (Å²) in [5.41, 5.74) is 2.50. The summed E-state index contributed by atoms with van der Waals surface area (Å²) in [6.45, 7) is 4.92. The van der Waals surface area contributed by atoms with Gasteiger partial charge in [-0.05, 0) is 74.1 Å². The summed E-state index contributed by atoms with van der Waals surface area (Å²) in [6, 6.07) is 19.2. The van der Waals surface area contributed by atoms with Gasteiger partial charge in [-0.1, -0.05) is 48.6 Å². The number of benzene rings is 2. The van der Waals surface area contributed by atoms with Crippen molar-refractivity contribution in [3.05, 3.63) is 78.9 Å². The van der Waals surface area contributed by atoms with Crippen LogP contribution in [0.25, 0.3) is 6.08 Å². The second-order valence-corrected chi connectivity index (χ2v) is 7.47. The lowest BCUT2D eigenvalue weighted by molar-refractivity contribution is 0.463. The Balaban J connectivity index is 1.74. The molecule has 138 valence electrons. The summed E-state index contributed by atoms with van der Waals surface area (Å²) in [6.07, 6.45) is 14.6. The highest BCUT2D eigenvalue weighted by Crippen LogP contribution is 2.20. The Morgan fingerprint density at radius 2 is 1.77 bits per heavy atom. The summed E-state index contributed by atoms with van der Waals surface area (Å²) in [7, 11) is 0. The van der Waals surface area contributed by atoms with Gasteiger partial charge in [0.15, 0.2) is 0 Å². The standard InChI is InChI=1S/C24H31NS/c1-3-4-11-22(20-25-23-16-18-24(26-2)19-17-23)15-10-6-9-14-21-12-7-5-8-13-21/h3,5,7-9,12-14,16-19,22,25H,1,4,6,10-11,15,20H2,2H3/b14-9+. The van der Waals surface area contributed by atoms with Crippen molar-refractivity contribution >= 4 is 23.5 Å². The molecule has 26 heavy (non-hydrogen) atoms. The van der Waals surface area contributed by atoms with Gasteiger partial charge in [-0.25, -0.2) is 0 Å². The van der Waals surface area contributed by atoms with Gasteiger partial charge >= 0.3 is 0 Å². The Kier molecular flexibility index (Phi) is 9.74. The number of thioether (sulfide) groups is 1. The van der Waals surface area contributed by atoms with Crippen LogP contribution in [0.5, 0.6) is 0 Å². The lowest BCUT2D eigenvalue weighted by Crippen LogP contribution is -2.14. The molecule has 0 fully saturated rings. The lowest BCUT2D eigenvalue weighted by Gasteiger charge is -2.17. The van der Waals surface area contributed by atoms with E-state index in [2.05, 4.69) is 84.9 Å². The number of rotatable bonds is 12. The molecule has 2 rings (SSSR count). The number of allylic oxidation sites excluding steroid dienone is 2. The van der Waals surface area contributed by atoms with Crippen LogP contribution in [0, 0.1) is 5.92 Å². The van der Waals surface area contributed by atoms with E-state index in [-0.39, 0.29) is 0 Å². The van der Waals surface area contributed by atoms with Crippen LogP contribution in [0.15, 0.2) is 78.2 Å². The zero-order chi connectivity index (χ0) is 18.5. The molecule has 0 aliphatic carbocycles. The number of nitrogens with one attached hydrogen (secondary N) is 1. The van der Waals surface area contributed by atoms with Crippen molar-refractivity contribution in [2.45, 2.75) is 37.0 Å². The number of unbranched alkanes of at least 4 members (excludes halogenated alkanes) is 1. The highest BCUT2D eigenvalue weighted by atomic mass is 32.2. The Hall–Kier alpha value is -1.93. The number of anilines is 1. The first-order valence-corrected chi connectivity index (χ1v) is 10.7. The summed E-state index contributed by atoms with van der Waals surface area (Å²) < 4.78 is 0. The zero-order valence-corrected chi connectivity index (χ0v) is 16.7. The zero-order valence-electron chi connectivity index (χ0n) is 15.9. The van der Waals surface area contributed by atoms with Crippen LogP contribution in [-0.2, 0) is 0 Å². The molecule has 1 atom stereocenters. The fraction of sp³-hybridized carbons (Fsp3) is 0.333. The SMILES string of the molecule is C=CCCC(CCC/C=C/c1ccccc1)CNc1ccc(SC)cc1. The Morgan fingerprint density at radius 1 is 1.00 bits per heavy atom. The van der Waals surface area contributed by atoms with Crippen molar-refractivity contribution in [1.82, 2.24) is 0 Å². The number of hydrogen-bond donors (Lipinski definition) is 1. The average molecular weight is 366 g/mol. The van der Waals surface area contributed by atoms with Crippen LogP contribution in [0.1, 0.15) is 37.7 Å². The maximum atomic E-state index is 3.88. The van der Waals surface area contributed by atoms with Crippen LogP contribution in [0.3, 0.4) is 0 Å². The van der Waals surface area contributed by atoms with Crippen molar-refractivity contribution in [2.24, 2.45) is 5.92 Å². The van der Waals surface area contributed by atoms with Crippen molar-refractivity contribution in [1.29, 1.82) is 0 Å². The molecule has 2 heteroatoms. The van der Waals surface area contributed by atoms with Gasteiger partial charge in [-0.2, -0.15) is 0 Å². The minimum absolute atomic E-state index is 0.693. The quantitative estimate of drug-likeness (QED) is 0.241. The van der Waals surface area contributed by atoms with E-state index in [0.29, 0.717) is 5.92 Å². The lowest BCUT2D eigenvalue weighted by atomic mass is 9.96. The largest absolute Gasteiger partial charge is 0.385 e. The van der Waals surface area contributed by atoms with Gasteiger partial charge in [0.2, 0.25) is 0 Å². The van der Waals surface area contributed by atoms with Crippen molar-refractivity contribution in [2.75, 3.05) is 18.1 Å². The summed E-state index contributed by atoms with van der Waals surface area (Å²) in [4.78, 5) is 1.31. The Bertz CT molecular complexity index is 646. The predicted octanol–water partition coefficient (Wildman–Crippen LogP) is 7.29. The van der Waals surface area contributed by atoms with Gasteiger partial charge in [0.1, 0.15) is 0 Å². The second kappa shape index (κ2) is 12.4. The van der Waals surface area contributed by atoms with E-state index in [1.165, 1.54) is 35.4 Å². The Labute approximate surface area is 163 Å². The van der Waals surface area contributed by atoms with E-state index in [1.807, 2.05) is 6.08 Å². The molecule has 0 aromatic heterocycles. The molecule has 0 spiro atoms. The fourth-order valence-corrected chi connectivity index (χ4v) is 3.39. The molecule has 0 radical (unpaired) electrons. The van der Waals surface area contributed by atoms with Crippen LogP contribution >= 0.6 is 11.8 Å². The minimum atomic E-state index is 0.693. The molecule has 0 bridgehead atoms. The molecule has 0 aliphatic heterocycles. The van der Waals surface area contributed by atoms with Crippen LogP contribution in [0.2, 0.25) is 0 Å². The van der Waals surface area contributed by atoms with Gasteiger partial charge in [0.25, 0.3) is 0 Å². The highest BCUT2D eigenvalue weighted by molar-refractivity contribution is 7.98. The monoisotopic (exact) mass is 365 g/mol. The second-order valence-electron chi connectivity index (χ2n) is 6.59. The van der Waals surface area contributed by atoms with E-state index in [1.54, 1.807) is 11.8 Å². The van der Waals surface area contributed by atoms with E-state index < -0.39 is 0 Å². The minimum Gasteiger partial charge on any atom is -0.385 e.